The molecule has 0 bridgehead atoms. The van der Waals surface area contributed by atoms with Gasteiger partial charge in [-0.3, -0.25) is 9.59 Å². The fraction of sp³-hybridized carbons (Fsp3) is 0.211. The third-order valence-corrected chi connectivity index (χ3v) is 3.84. The summed E-state index contributed by atoms with van der Waals surface area (Å²) in [6, 6.07) is 14.2. The number of nitrogens with zero attached hydrogens (tertiary/aromatic N) is 1. The van der Waals surface area contributed by atoms with Gasteiger partial charge in [0, 0.05) is 0 Å². The van der Waals surface area contributed by atoms with Crippen LogP contribution in [0, 0.1) is 0 Å². The highest BCUT2D eigenvalue weighted by atomic mass is 16.5. The van der Waals surface area contributed by atoms with E-state index in [1.807, 2.05) is 38.1 Å². The molecule has 1 amide bonds. The molecule has 6 nitrogen and oxygen atoms in total. The van der Waals surface area contributed by atoms with Crippen LogP contribution < -0.4 is 15.6 Å². The standard InChI is InChI=1S/C19H19N3O3/c1-3-25-14-8-6-7-13(11-14)12(2)20-19(24)17-21-16-10-5-4-9-15(16)18(23)22-17/h4-12H,3H2,1-2H3,(H,20,24)(H,21,22,23). The van der Waals surface area contributed by atoms with E-state index in [-0.39, 0.29) is 17.4 Å². The third kappa shape index (κ3) is 3.68. The number of carbonyl (C=O) groups excluding carboxylic acids is 1. The van der Waals surface area contributed by atoms with Crippen LogP contribution in [0.1, 0.15) is 36.1 Å². The van der Waals surface area contributed by atoms with Gasteiger partial charge in [-0.2, -0.15) is 0 Å². The zero-order chi connectivity index (χ0) is 17.8. The maximum atomic E-state index is 12.5. The second kappa shape index (κ2) is 7.17. The number of aromatic amines is 1. The van der Waals surface area contributed by atoms with Crippen LogP contribution >= 0.6 is 0 Å². The number of H-pyrrole nitrogens is 1. The minimum absolute atomic E-state index is 0.00323. The maximum Gasteiger partial charge on any atom is 0.287 e. The molecular formula is C19H19N3O3. The van der Waals surface area contributed by atoms with Crippen molar-refractivity contribution < 1.29 is 9.53 Å². The summed E-state index contributed by atoms with van der Waals surface area (Å²) in [6.45, 7) is 4.36. The second-order valence-electron chi connectivity index (χ2n) is 5.63. The molecule has 1 unspecified atom stereocenters. The van der Waals surface area contributed by atoms with Crippen molar-refractivity contribution in [2.75, 3.05) is 6.61 Å². The molecule has 3 rings (SSSR count). The number of fused-ring (bicyclic) bond motifs is 1. The predicted molar refractivity (Wildman–Crippen MR) is 95.9 cm³/mol. The molecule has 0 saturated carbocycles. The number of nitrogens with one attached hydrogen (secondary N) is 2. The summed E-state index contributed by atoms with van der Waals surface area (Å²) < 4.78 is 5.48. The Bertz CT molecular complexity index is 965. The van der Waals surface area contributed by atoms with Crippen molar-refractivity contribution in [3.8, 4) is 5.75 Å². The molecule has 0 aliphatic rings. The zero-order valence-electron chi connectivity index (χ0n) is 14.1. The van der Waals surface area contributed by atoms with E-state index in [4.69, 9.17) is 4.74 Å². The first-order valence-corrected chi connectivity index (χ1v) is 8.11. The molecule has 0 spiro atoms. The average molecular weight is 337 g/mol. The SMILES string of the molecule is CCOc1cccc(C(C)NC(=O)c2nc3ccccc3c(=O)[nH]2)c1. The molecule has 3 aromatic rings. The minimum Gasteiger partial charge on any atom is -0.494 e. The Hall–Kier alpha value is -3.15. The van der Waals surface area contributed by atoms with Crippen LogP contribution in [0.25, 0.3) is 10.9 Å². The normalized spacial score (nSPS) is 11.9. The summed E-state index contributed by atoms with van der Waals surface area (Å²) in [5.74, 6) is 0.312. The van der Waals surface area contributed by atoms with Crippen molar-refractivity contribution in [1.82, 2.24) is 15.3 Å². The Morgan fingerprint density at radius 2 is 2.04 bits per heavy atom. The lowest BCUT2D eigenvalue weighted by atomic mass is 10.1. The Labute approximate surface area is 144 Å². The lowest BCUT2D eigenvalue weighted by molar-refractivity contribution is 0.0929. The van der Waals surface area contributed by atoms with Crippen molar-refractivity contribution in [3.05, 3.63) is 70.3 Å². The molecule has 0 radical (unpaired) electrons. The van der Waals surface area contributed by atoms with Gasteiger partial charge in [-0.25, -0.2) is 4.98 Å². The molecule has 2 N–H and O–H groups in total. The molecule has 1 heterocycles. The molecule has 0 saturated heterocycles. The zero-order valence-corrected chi connectivity index (χ0v) is 14.1. The number of hydrogen-bond acceptors (Lipinski definition) is 4. The van der Waals surface area contributed by atoms with E-state index in [9.17, 15) is 9.59 Å². The number of benzene rings is 2. The molecule has 6 heteroatoms. The summed E-state index contributed by atoms with van der Waals surface area (Å²) in [4.78, 5) is 31.3. The molecule has 25 heavy (non-hydrogen) atoms. The monoisotopic (exact) mass is 337 g/mol. The van der Waals surface area contributed by atoms with Crippen LogP contribution in [0.15, 0.2) is 53.3 Å². The minimum atomic E-state index is -0.433. The average Bonchev–Trinajstić information content (AvgIpc) is 2.62. The van der Waals surface area contributed by atoms with E-state index >= 15 is 0 Å². The van der Waals surface area contributed by atoms with Crippen molar-refractivity contribution in [1.29, 1.82) is 0 Å². The van der Waals surface area contributed by atoms with E-state index < -0.39 is 5.91 Å². The summed E-state index contributed by atoms with van der Waals surface area (Å²) >= 11 is 0. The maximum absolute atomic E-state index is 12.5. The second-order valence-corrected chi connectivity index (χ2v) is 5.63. The van der Waals surface area contributed by atoms with Gasteiger partial charge in [0.25, 0.3) is 11.5 Å². The Morgan fingerprint density at radius 3 is 2.84 bits per heavy atom. The molecule has 1 atom stereocenters. The summed E-state index contributed by atoms with van der Waals surface area (Å²) in [7, 11) is 0. The lowest BCUT2D eigenvalue weighted by Crippen LogP contribution is -2.30. The van der Waals surface area contributed by atoms with Crippen molar-refractivity contribution >= 4 is 16.8 Å². The third-order valence-electron chi connectivity index (χ3n) is 3.84. The molecule has 1 aromatic heterocycles. The van der Waals surface area contributed by atoms with Gasteiger partial charge in [0.15, 0.2) is 5.82 Å². The van der Waals surface area contributed by atoms with Gasteiger partial charge in [-0.05, 0) is 43.7 Å². The van der Waals surface area contributed by atoms with Gasteiger partial charge in [-0.15, -0.1) is 0 Å². The summed E-state index contributed by atoms with van der Waals surface area (Å²) in [6.07, 6.45) is 0. The number of ether oxygens (including phenoxy) is 1. The molecule has 0 fully saturated rings. The van der Waals surface area contributed by atoms with Crippen LogP contribution in [-0.2, 0) is 0 Å². The van der Waals surface area contributed by atoms with Gasteiger partial charge in [0.05, 0.1) is 23.6 Å². The summed E-state index contributed by atoms with van der Waals surface area (Å²) in [5, 5.41) is 3.30. The van der Waals surface area contributed by atoms with Gasteiger partial charge in [-0.1, -0.05) is 24.3 Å². The highest BCUT2D eigenvalue weighted by Crippen LogP contribution is 2.19. The van der Waals surface area contributed by atoms with Gasteiger partial charge < -0.3 is 15.0 Å². The van der Waals surface area contributed by atoms with Gasteiger partial charge >= 0.3 is 0 Å². The van der Waals surface area contributed by atoms with Crippen molar-refractivity contribution in [3.63, 3.8) is 0 Å². The number of aromatic nitrogens is 2. The van der Waals surface area contributed by atoms with Crippen LogP contribution in [0.2, 0.25) is 0 Å². The molecule has 128 valence electrons. The quantitative estimate of drug-likeness (QED) is 0.750. The van der Waals surface area contributed by atoms with Crippen LogP contribution in [0.3, 0.4) is 0 Å². The van der Waals surface area contributed by atoms with Crippen molar-refractivity contribution in [2.24, 2.45) is 0 Å². The Balaban J connectivity index is 1.82. The Morgan fingerprint density at radius 1 is 1.24 bits per heavy atom. The first kappa shape index (κ1) is 16.7. The number of hydrogen-bond donors (Lipinski definition) is 2. The number of rotatable bonds is 5. The van der Waals surface area contributed by atoms with E-state index in [2.05, 4.69) is 15.3 Å². The first-order chi connectivity index (χ1) is 12.1. The summed E-state index contributed by atoms with van der Waals surface area (Å²) in [5.41, 5.74) is 1.06. The van der Waals surface area contributed by atoms with E-state index in [0.717, 1.165) is 11.3 Å². The van der Waals surface area contributed by atoms with Gasteiger partial charge in [0.1, 0.15) is 5.75 Å². The number of para-hydroxylation sites is 1. The molecular weight excluding hydrogens is 318 g/mol. The fourth-order valence-electron chi connectivity index (χ4n) is 2.58. The van der Waals surface area contributed by atoms with Gasteiger partial charge in [0.2, 0.25) is 0 Å². The predicted octanol–water partition coefficient (Wildman–Crippen LogP) is 2.81. The first-order valence-electron chi connectivity index (χ1n) is 8.11. The highest BCUT2D eigenvalue weighted by Gasteiger charge is 2.15. The Kier molecular flexibility index (Phi) is 4.79. The smallest absolute Gasteiger partial charge is 0.287 e. The van der Waals surface area contributed by atoms with E-state index in [0.29, 0.717) is 17.5 Å². The van der Waals surface area contributed by atoms with E-state index in [1.54, 1.807) is 24.3 Å². The van der Waals surface area contributed by atoms with Crippen LogP contribution in [0.5, 0.6) is 5.75 Å². The highest BCUT2D eigenvalue weighted by molar-refractivity contribution is 5.92. The van der Waals surface area contributed by atoms with Crippen LogP contribution in [0.4, 0.5) is 0 Å². The van der Waals surface area contributed by atoms with Crippen LogP contribution in [-0.4, -0.2) is 22.5 Å². The molecule has 2 aromatic carbocycles. The fourth-order valence-corrected chi connectivity index (χ4v) is 2.58. The largest absolute Gasteiger partial charge is 0.494 e. The van der Waals surface area contributed by atoms with E-state index in [1.165, 1.54) is 0 Å². The molecule has 0 aliphatic carbocycles. The number of carbonyl (C=O) groups is 1. The number of amides is 1. The lowest BCUT2D eigenvalue weighted by Gasteiger charge is -2.15. The topological polar surface area (TPSA) is 84.1 Å². The molecule has 0 aliphatic heterocycles. The van der Waals surface area contributed by atoms with Crippen molar-refractivity contribution in [2.45, 2.75) is 19.9 Å².